The molecule has 2 aliphatic rings. The van der Waals surface area contributed by atoms with Crippen LogP contribution < -0.4 is 10.6 Å². The van der Waals surface area contributed by atoms with Gasteiger partial charge >= 0.3 is 0 Å². The van der Waals surface area contributed by atoms with Gasteiger partial charge in [-0.1, -0.05) is 11.3 Å². The number of aromatic nitrogens is 3. The van der Waals surface area contributed by atoms with Gasteiger partial charge in [0.05, 0.1) is 10.2 Å². The van der Waals surface area contributed by atoms with Crippen LogP contribution in [-0.2, 0) is 0 Å². The molecule has 1 aliphatic carbocycles. The second-order valence-electron chi connectivity index (χ2n) is 8.05. The highest BCUT2D eigenvalue weighted by Crippen LogP contribution is 2.31. The molecule has 2 aromatic heterocycles. The molecule has 3 aromatic rings. The summed E-state index contributed by atoms with van der Waals surface area (Å²) in [7, 11) is 0. The Kier molecular flexibility index (Phi) is 6.70. The van der Waals surface area contributed by atoms with E-state index in [2.05, 4.69) is 20.6 Å². The lowest BCUT2D eigenvalue weighted by atomic mass is 10.2. The highest BCUT2D eigenvalue weighted by Gasteiger charge is 2.26. The van der Waals surface area contributed by atoms with Crippen molar-refractivity contribution in [3.63, 3.8) is 0 Å². The van der Waals surface area contributed by atoms with Gasteiger partial charge in [0.1, 0.15) is 0 Å². The van der Waals surface area contributed by atoms with Gasteiger partial charge in [-0.25, -0.2) is 15.0 Å². The fraction of sp³-hybridized carbons (Fsp3) is 0.455. The van der Waals surface area contributed by atoms with Crippen LogP contribution in [0.1, 0.15) is 29.6 Å². The van der Waals surface area contributed by atoms with E-state index in [1.165, 1.54) is 0 Å². The summed E-state index contributed by atoms with van der Waals surface area (Å²) in [6.07, 6.45) is 8.88. The van der Waals surface area contributed by atoms with E-state index in [0.717, 1.165) is 69.7 Å². The Bertz CT molecular complexity index is 1080. The van der Waals surface area contributed by atoms with E-state index in [9.17, 15) is 4.79 Å². The number of thiazole rings is 1. The number of nitrogens with zero attached hydrogens (tertiary/aromatic N) is 4. The zero-order valence-corrected chi connectivity index (χ0v) is 20.4. The molecule has 1 aromatic carbocycles. The number of rotatable bonds is 6. The summed E-state index contributed by atoms with van der Waals surface area (Å²) in [5.74, 6) is 2.87. The summed E-state index contributed by atoms with van der Waals surface area (Å²) in [6.45, 7) is 1.67. The van der Waals surface area contributed by atoms with E-state index < -0.39 is 0 Å². The Morgan fingerprint density at radius 2 is 1.88 bits per heavy atom. The van der Waals surface area contributed by atoms with Crippen molar-refractivity contribution in [2.24, 2.45) is 0 Å². The molecule has 1 saturated carbocycles. The van der Waals surface area contributed by atoms with E-state index in [0.29, 0.717) is 18.0 Å². The van der Waals surface area contributed by atoms with Crippen molar-refractivity contribution >= 4 is 62.1 Å². The van der Waals surface area contributed by atoms with Crippen LogP contribution >= 0.6 is 34.9 Å². The average molecular weight is 487 g/mol. The summed E-state index contributed by atoms with van der Waals surface area (Å²) in [5.41, 5.74) is 1.70. The van der Waals surface area contributed by atoms with E-state index in [4.69, 9.17) is 4.98 Å². The number of carbonyl (C=O) groups is 1. The Morgan fingerprint density at radius 3 is 2.62 bits per heavy atom. The number of carbonyl (C=O) groups excluding carboxylic acids is 1. The lowest BCUT2D eigenvalue weighted by Gasteiger charge is -2.26. The monoisotopic (exact) mass is 486 g/mol. The average Bonchev–Trinajstić information content (AvgIpc) is 3.45. The Labute approximate surface area is 200 Å². The first kappa shape index (κ1) is 21.8. The minimum atomic E-state index is 0.132. The molecule has 2 N–H and O–H groups in total. The van der Waals surface area contributed by atoms with E-state index in [-0.39, 0.29) is 5.91 Å². The van der Waals surface area contributed by atoms with Crippen molar-refractivity contribution in [1.29, 1.82) is 0 Å². The minimum Gasteiger partial charge on any atom is -0.359 e. The number of amides is 1. The highest BCUT2D eigenvalue weighted by atomic mass is 32.2. The maximum Gasteiger partial charge on any atom is 0.253 e. The number of benzene rings is 1. The van der Waals surface area contributed by atoms with Crippen LogP contribution in [0.4, 0.5) is 11.1 Å². The summed E-state index contributed by atoms with van der Waals surface area (Å²) in [4.78, 5) is 29.4. The third-order valence-corrected chi connectivity index (χ3v) is 8.47. The molecule has 5 rings (SSSR count). The fourth-order valence-electron chi connectivity index (χ4n) is 4.17. The summed E-state index contributed by atoms with van der Waals surface area (Å²) in [5, 5.41) is 7.98. The SMILES string of the molecule is CSc1cnc(N[C@H]2CC[C@H](Nc3nc4ccc(C(=O)N5CCSCC5)cc4s3)C2)nc1. The maximum atomic E-state index is 12.8. The smallest absolute Gasteiger partial charge is 0.253 e. The zero-order chi connectivity index (χ0) is 21.9. The van der Waals surface area contributed by atoms with Crippen LogP contribution in [0.25, 0.3) is 10.2 Å². The molecule has 7 nitrogen and oxygen atoms in total. The summed E-state index contributed by atoms with van der Waals surface area (Å²) in [6, 6.07) is 6.60. The normalized spacial score (nSPS) is 21.1. The van der Waals surface area contributed by atoms with Crippen molar-refractivity contribution in [2.75, 3.05) is 41.5 Å². The van der Waals surface area contributed by atoms with Crippen LogP contribution in [0.3, 0.4) is 0 Å². The van der Waals surface area contributed by atoms with E-state index in [1.807, 2.05) is 53.5 Å². The van der Waals surface area contributed by atoms with Crippen LogP contribution in [0, 0.1) is 0 Å². The standard InChI is InChI=1S/C22H26N6OS3/c1-30-17-12-23-21(24-13-17)25-15-3-4-16(11-15)26-22-27-18-5-2-14(10-19(18)32-22)20(29)28-6-8-31-9-7-28/h2,5,10,12-13,15-16H,3-4,6-9,11H2,1H3,(H,26,27)(H,23,24,25)/t15-,16-/m0/s1. The van der Waals surface area contributed by atoms with Gasteiger partial charge in [-0.3, -0.25) is 4.79 Å². The molecule has 168 valence electrons. The van der Waals surface area contributed by atoms with E-state index in [1.54, 1.807) is 23.1 Å². The van der Waals surface area contributed by atoms with Crippen LogP contribution in [0.5, 0.6) is 0 Å². The molecule has 1 saturated heterocycles. The third kappa shape index (κ3) is 4.97. The highest BCUT2D eigenvalue weighted by molar-refractivity contribution is 7.99. The van der Waals surface area contributed by atoms with E-state index >= 15 is 0 Å². The Balaban J connectivity index is 1.20. The van der Waals surface area contributed by atoms with Crippen molar-refractivity contribution < 1.29 is 4.79 Å². The van der Waals surface area contributed by atoms with Gasteiger partial charge in [0.15, 0.2) is 5.13 Å². The molecule has 0 radical (unpaired) electrons. The number of fused-ring (bicyclic) bond motifs is 1. The summed E-state index contributed by atoms with van der Waals surface area (Å²) < 4.78 is 1.06. The number of anilines is 2. The molecular weight excluding hydrogens is 460 g/mol. The number of hydrogen-bond acceptors (Lipinski definition) is 9. The maximum absolute atomic E-state index is 12.8. The lowest BCUT2D eigenvalue weighted by molar-refractivity contribution is 0.0772. The van der Waals surface area contributed by atoms with Crippen LogP contribution in [0.2, 0.25) is 0 Å². The van der Waals surface area contributed by atoms with Gasteiger partial charge in [0.25, 0.3) is 5.91 Å². The second-order valence-corrected chi connectivity index (χ2v) is 11.2. The van der Waals surface area contributed by atoms with Gasteiger partial charge in [-0.05, 0) is 43.7 Å². The molecule has 2 fully saturated rings. The van der Waals surface area contributed by atoms with Gasteiger partial charge in [0.2, 0.25) is 5.95 Å². The first-order valence-corrected chi connectivity index (χ1v) is 14.0. The second kappa shape index (κ2) is 9.84. The van der Waals surface area contributed by atoms with Gasteiger partial charge in [-0.2, -0.15) is 11.8 Å². The largest absolute Gasteiger partial charge is 0.359 e. The molecule has 10 heteroatoms. The van der Waals surface area contributed by atoms with Gasteiger partial charge in [-0.15, -0.1) is 11.8 Å². The summed E-state index contributed by atoms with van der Waals surface area (Å²) >= 11 is 5.18. The minimum absolute atomic E-state index is 0.132. The van der Waals surface area contributed by atoms with Crippen molar-refractivity contribution in [3.8, 4) is 0 Å². The Morgan fingerprint density at radius 1 is 1.12 bits per heavy atom. The van der Waals surface area contributed by atoms with Gasteiger partial charge in [0, 0.05) is 59.5 Å². The number of thioether (sulfide) groups is 2. The molecular formula is C22H26N6OS3. The molecule has 3 heterocycles. The quantitative estimate of drug-likeness (QED) is 0.495. The van der Waals surface area contributed by atoms with Crippen LogP contribution in [-0.4, -0.2) is 68.7 Å². The van der Waals surface area contributed by atoms with Crippen molar-refractivity contribution in [2.45, 2.75) is 36.2 Å². The topological polar surface area (TPSA) is 83.0 Å². The lowest BCUT2D eigenvalue weighted by Crippen LogP contribution is -2.37. The molecule has 0 bridgehead atoms. The zero-order valence-electron chi connectivity index (χ0n) is 17.9. The molecule has 2 atom stereocenters. The first-order valence-electron chi connectivity index (χ1n) is 10.8. The number of hydrogen-bond donors (Lipinski definition) is 2. The predicted molar refractivity (Wildman–Crippen MR) is 135 cm³/mol. The van der Waals surface area contributed by atoms with Crippen LogP contribution in [0.15, 0.2) is 35.5 Å². The number of nitrogens with one attached hydrogen (secondary N) is 2. The molecule has 0 unspecified atom stereocenters. The molecule has 1 aliphatic heterocycles. The first-order chi connectivity index (χ1) is 15.7. The molecule has 32 heavy (non-hydrogen) atoms. The molecule has 1 amide bonds. The fourth-order valence-corrected chi connectivity index (χ4v) is 6.37. The Hall–Kier alpha value is -2.04. The molecule has 0 spiro atoms. The third-order valence-electron chi connectivity index (χ3n) is 5.89. The van der Waals surface area contributed by atoms with Gasteiger partial charge < -0.3 is 15.5 Å². The van der Waals surface area contributed by atoms with Crippen molar-refractivity contribution in [3.05, 3.63) is 36.2 Å². The van der Waals surface area contributed by atoms with Crippen molar-refractivity contribution in [1.82, 2.24) is 19.9 Å². The predicted octanol–water partition coefficient (Wildman–Crippen LogP) is 4.44.